The number of ether oxygens (including phenoxy) is 1. The summed E-state index contributed by atoms with van der Waals surface area (Å²) in [4.78, 5) is 69.3. The lowest BCUT2D eigenvalue weighted by Crippen LogP contribution is -2.54. The second kappa shape index (κ2) is 17.4. The van der Waals surface area contributed by atoms with Gasteiger partial charge in [0.2, 0.25) is 23.6 Å². The van der Waals surface area contributed by atoms with E-state index in [1.54, 1.807) is 18.2 Å². The van der Waals surface area contributed by atoms with Crippen LogP contribution in [-0.4, -0.2) is 107 Å². The summed E-state index contributed by atoms with van der Waals surface area (Å²) in [5, 5.41) is 5.80. The summed E-state index contributed by atoms with van der Waals surface area (Å²) >= 11 is 4.40. The minimum atomic E-state index is -2.65. The van der Waals surface area contributed by atoms with Crippen LogP contribution in [0.15, 0.2) is 66.9 Å². The number of alkyl halides is 2. The van der Waals surface area contributed by atoms with Crippen molar-refractivity contribution < 1.29 is 37.5 Å². The van der Waals surface area contributed by atoms with E-state index in [4.69, 9.17) is 10.5 Å². The number of fused-ring (bicyclic) bond motifs is 2. The number of halogens is 2. The highest BCUT2D eigenvalue weighted by Gasteiger charge is 2.46. The molecule has 13 nitrogen and oxygen atoms in total. The zero-order valence-corrected chi connectivity index (χ0v) is 34.1. The third-order valence-corrected chi connectivity index (χ3v) is 12.5. The van der Waals surface area contributed by atoms with E-state index in [9.17, 15) is 32.8 Å². The molecule has 60 heavy (non-hydrogen) atoms. The molecule has 5 amide bonds. The number of carbonyl (C=O) groups is 5. The minimum absolute atomic E-state index is 0.0496. The van der Waals surface area contributed by atoms with E-state index in [-0.39, 0.29) is 48.8 Å². The number of hydrogen-bond acceptors (Lipinski definition) is 10. The van der Waals surface area contributed by atoms with E-state index in [1.807, 2.05) is 48.7 Å². The van der Waals surface area contributed by atoms with Crippen LogP contribution in [0.25, 0.3) is 22.0 Å². The Morgan fingerprint density at radius 1 is 0.917 bits per heavy atom. The number of nitrogens with two attached hydrogens (primary N) is 1. The van der Waals surface area contributed by atoms with Crippen molar-refractivity contribution in [1.29, 1.82) is 0 Å². The van der Waals surface area contributed by atoms with Gasteiger partial charge in [0.05, 0.1) is 28.6 Å². The van der Waals surface area contributed by atoms with Gasteiger partial charge in [0, 0.05) is 93.8 Å². The SMILES string of the molecule is NC(S)c1cccc(-c2cn(C3CCC(F)(F)CC3)c3cc(NC(=O)CCN4CCN(CCCOc5cccc6c5C(=O)N(C5CCC(=O)NC5=O)C6=O)CC4)ccc23)c1. The number of nitrogens with one attached hydrogen (secondary N) is 2. The smallest absolute Gasteiger partial charge is 0.266 e. The zero-order chi connectivity index (χ0) is 42.1. The minimum Gasteiger partial charge on any atom is -0.493 e. The van der Waals surface area contributed by atoms with Crippen LogP contribution in [0.3, 0.4) is 0 Å². The molecule has 8 rings (SSSR count). The Hall–Kier alpha value is -5.16. The summed E-state index contributed by atoms with van der Waals surface area (Å²) in [6.45, 7) is 4.94. The molecule has 316 valence electrons. The van der Waals surface area contributed by atoms with Gasteiger partial charge in [0.1, 0.15) is 11.8 Å². The molecule has 4 N–H and O–H groups in total. The Morgan fingerprint density at radius 2 is 1.65 bits per heavy atom. The molecule has 3 aliphatic heterocycles. The summed E-state index contributed by atoms with van der Waals surface area (Å²) in [7, 11) is 0. The normalized spacial score (nSPS) is 20.7. The number of anilines is 1. The van der Waals surface area contributed by atoms with Crippen LogP contribution in [0, 0.1) is 0 Å². The molecule has 4 aliphatic rings. The van der Waals surface area contributed by atoms with E-state index in [2.05, 4.69) is 37.6 Å². The van der Waals surface area contributed by atoms with Gasteiger partial charge in [-0.15, -0.1) is 0 Å². The molecule has 2 saturated heterocycles. The maximum Gasteiger partial charge on any atom is 0.266 e. The first kappa shape index (κ1) is 41.6. The van der Waals surface area contributed by atoms with Crippen LogP contribution in [0.4, 0.5) is 14.5 Å². The van der Waals surface area contributed by atoms with E-state index in [0.29, 0.717) is 50.3 Å². The lowest BCUT2D eigenvalue weighted by Gasteiger charge is -2.34. The summed E-state index contributed by atoms with van der Waals surface area (Å²) in [6, 6.07) is 17.4. The summed E-state index contributed by atoms with van der Waals surface area (Å²) in [5.74, 6) is -4.71. The molecule has 3 aromatic carbocycles. The van der Waals surface area contributed by atoms with Gasteiger partial charge < -0.3 is 30.2 Å². The topological polar surface area (TPSA) is 159 Å². The molecule has 16 heteroatoms. The number of hydrogen-bond donors (Lipinski definition) is 4. The van der Waals surface area contributed by atoms with Crippen molar-refractivity contribution in [1.82, 2.24) is 24.6 Å². The van der Waals surface area contributed by atoms with E-state index in [0.717, 1.165) is 65.2 Å². The van der Waals surface area contributed by atoms with Crippen LogP contribution in [0.2, 0.25) is 0 Å². The molecule has 1 aliphatic carbocycles. The van der Waals surface area contributed by atoms with Gasteiger partial charge in [0.15, 0.2) is 0 Å². The first-order chi connectivity index (χ1) is 28.8. The number of amides is 5. The van der Waals surface area contributed by atoms with E-state index in [1.165, 1.54) is 0 Å². The number of aromatic nitrogens is 1. The molecule has 0 radical (unpaired) electrons. The Labute approximate surface area is 352 Å². The molecule has 2 unspecified atom stereocenters. The van der Waals surface area contributed by atoms with E-state index < -0.39 is 41.0 Å². The fourth-order valence-corrected chi connectivity index (χ4v) is 9.01. The average molecular weight is 842 g/mol. The lowest BCUT2D eigenvalue weighted by atomic mass is 9.92. The van der Waals surface area contributed by atoms with Gasteiger partial charge in [-0.1, -0.05) is 30.3 Å². The number of thiol groups is 1. The number of piperidine rings is 1. The summed E-state index contributed by atoms with van der Waals surface area (Å²) < 4.78 is 36.4. The number of carbonyl (C=O) groups excluding carboxylic acids is 5. The van der Waals surface area contributed by atoms with Crippen LogP contribution >= 0.6 is 12.6 Å². The van der Waals surface area contributed by atoms with Gasteiger partial charge >= 0.3 is 0 Å². The maximum atomic E-state index is 14.1. The molecule has 0 spiro atoms. The maximum absolute atomic E-state index is 14.1. The highest BCUT2D eigenvalue weighted by atomic mass is 32.1. The lowest BCUT2D eigenvalue weighted by molar-refractivity contribution is -0.136. The first-order valence-electron chi connectivity index (χ1n) is 20.6. The Morgan fingerprint density at radius 3 is 2.38 bits per heavy atom. The van der Waals surface area contributed by atoms with Crippen LogP contribution in [0.5, 0.6) is 5.75 Å². The molecule has 4 aromatic rings. The van der Waals surface area contributed by atoms with Crippen LogP contribution < -0.4 is 21.1 Å². The fourth-order valence-electron chi connectivity index (χ4n) is 8.85. The monoisotopic (exact) mass is 841 g/mol. The van der Waals surface area contributed by atoms with E-state index >= 15 is 0 Å². The van der Waals surface area contributed by atoms with Crippen LogP contribution in [-0.2, 0) is 14.4 Å². The summed E-state index contributed by atoms with van der Waals surface area (Å²) in [5.41, 5.74) is 10.7. The number of nitrogens with zero attached hydrogens (tertiary/aromatic N) is 4. The third-order valence-electron chi connectivity index (χ3n) is 12.2. The van der Waals surface area contributed by atoms with Crippen molar-refractivity contribution in [2.75, 3.05) is 51.2 Å². The Balaban J connectivity index is 0.816. The number of rotatable bonds is 13. The highest BCUT2D eigenvalue weighted by Crippen LogP contribution is 2.43. The third kappa shape index (κ3) is 8.83. The number of imide groups is 2. The molecule has 4 heterocycles. The predicted molar refractivity (Wildman–Crippen MR) is 225 cm³/mol. The van der Waals surface area contributed by atoms with Crippen molar-refractivity contribution in [2.45, 2.75) is 74.7 Å². The van der Waals surface area contributed by atoms with Crippen molar-refractivity contribution in [3.05, 3.63) is 83.6 Å². The van der Waals surface area contributed by atoms with Gasteiger partial charge in [-0.05, 0) is 67.1 Å². The van der Waals surface area contributed by atoms with Gasteiger partial charge in [-0.25, -0.2) is 8.78 Å². The van der Waals surface area contributed by atoms with Crippen molar-refractivity contribution in [2.24, 2.45) is 5.73 Å². The Kier molecular flexibility index (Phi) is 12.1. The molecule has 0 bridgehead atoms. The molecule has 2 atom stereocenters. The van der Waals surface area contributed by atoms with Crippen molar-refractivity contribution >= 4 is 58.8 Å². The second-order valence-corrected chi connectivity index (χ2v) is 16.7. The number of benzene rings is 3. The summed E-state index contributed by atoms with van der Waals surface area (Å²) in [6.07, 6.45) is 3.59. The van der Waals surface area contributed by atoms with Gasteiger partial charge in [-0.2, -0.15) is 12.6 Å². The van der Waals surface area contributed by atoms with Gasteiger partial charge in [0.25, 0.3) is 11.8 Å². The molecule has 3 fully saturated rings. The fraction of sp³-hybridized carbons (Fsp3) is 0.432. The standard InChI is InChI=1S/C44H49F2N7O6S/c45-44(46)15-12-30(13-16-44)52-26-33(27-4-1-5-28(24-27)40(47)60)31-9-8-29(25-35(31)52)48-38(55)14-18-51-21-19-50(20-22-51)17-3-23-59-36-7-2-6-32-39(36)43(58)53(42(32)57)34-10-11-37(54)49-41(34)56/h1-2,4-9,24-26,30,34,40,60H,3,10-23,47H2,(H,48,55)(H,49,54,56). The largest absolute Gasteiger partial charge is 0.493 e. The molecular formula is C44H49F2N7O6S. The molecule has 1 saturated carbocycles. The Bertz CT molecular complexity index is 2320. The quantitative estimate of drug-likeness (QED) is 0.0569. The van der Waals surface area contributed by atoms with Crippen LogP contribution in [0.1, 0.15) is 89.1 Å². The second-order valence-electron chi connectivity index (χ2n) is 16.1. The van der Waals surface area contributed by atoms with Crippen molar-refractivity contribution in [3.8, 4) is 16.9 Å². The van der Waals surface area contributed by atoms with Gasteiger partial charge in [-0.3, -0.25) is 34.2 Å². The first-order valence-corrected chi connectivity index (χ1v) is 21.2. The number of piperazine rings is 1. The van der Waals surface area contributed by atoms with Crippen molar-refractivity contribution in [3.63, 3.8) is 0 Å². The molecular weight excluding hydrogens is 793 g/mol. The zero-order valence-electron chi connectivity index (χ0n) is 33.2. The highest BCUT2D eigenvalue weighted by molar-refractivity contribution is 7.80. The average Bonchev–Trinajstić information content (AvgIpc) is 3.73. The predicted octanol–water partition coefficient (Wildman–Crippen LogP) is 5.76. The molecule has 1 aromatic heterocycles.